The first kappa shape index (κ1) is 13.6. The van der Waals surface area contributed by atoms with E-state index in [-0.39, 0.29) is 0 Å². The minimum atomic E-state index is 0.322. The van der Waals surface area contributed by atoms with E-state index in [1.807, 2.05) is 7.05 Å². The quantitative estimate of drug-likeness (QED) is 0.939. The van der Waals surface area contributed by atoms with E-state index < -0.39 is 0 Å². The van der Waals surface area contributed by atoms with Crippen molar-refractivity contribution >= 4 is 33.3 Å². The molecule has 0 radical (unpaired) electrons. The first-order chi connectivity index (χ1) is 9.67. The second-order valence-electron chi connectivity index (χ2n) is 5.21. The van der Waals surface area contributed by atoms with E-state index in [1.165, 1.54) is 4.88 Å². The predicted molar refractivity (Wildman–Crippen MR) is 83.9 cm³/mol. The molecule has 5 nitrogen and oxygen atoms in total. The van der Waals surface area contributed by atoms with Crippen molar-refractivity contribution in [2.75, 3.05) is 37.5 Å². The number of aromatic nitrogens is 2. The summed E-state index contributed by atoms with van der Waals surface area (Å²) in [6.07, 6.45) is 2.62. The van der Waals surface area contributed by atoms with Crippen LogP contribution in [0.25, 0.3) is 10.2 Å². The molecule has 3 heterocycles. The minimum Gasteiger partial charge on any atom is -0.376 e. The fourth-order valence-corrected chi connectivity index (χ4v) is 3.48. The van der Waals surface area contributed by atoms with Crippen molar-refractivity contribution in [1.29, 1.82) is 0 Å². The Morgan fingerprint density at radius 1 is 1.50 bits per heavy atom. The highest BCUT2D eigenvalue weighted by molar-refractivity contribution is 7.18. The predicted octanol–water partition coefficient (Wildman–Crippen LogP) is 2.66. The van der Waals surface area contributed by atoms with Crippen molar-refractivity contribution in [3.63, 3.8) is 0 Å². The third-order valence-corrected chi connectivity index (χ3v) is 4.53. The molecular weight excluding hydrogens is 272 g/mol. The minimum absolute atomic E-state index is 0.322. The molecule has 2 aromatic rings. The van der Waals surface area contributed by atoms with Crippen LogP contribution < -0.4 is 10.2 Å². The maximum absolute atomic E-state index is 5.72. The van der Waals surface area contributed by atoms with E-state index in [1.54, 1.807) is 11.3 Å². The van der Waals surface area contributed by atoms with E-state index >= 15 is 0 Å². The Kier molecular flexibility index (Phi) is 3.76. The molecule has 20 heavy (non-hydrogen) atoms. The molecule has 1 fully saturated rings. The number of nitrogens with zero attached hydrogens (tertiary/aromatic N) is 3. The van der Waals surface area contributed by atoms with Gasteiger partial charge < -0.3 is 15.0 Å². The summed E-state index contributed by atoms with van der Waals surface area (Å²) in [4.78, 5) is 13.6. The summed E-state index contributed by atoms with van der Waals surface area (Å²) >= 11 is 1.71. The monoisotopic (exact) mass is 292 g/mol. The molecule has 0 amide bonds. The number of aryl methyl sites for hydroxylation is 1. The fraction of sp³-hybridized carbons (Fsp3) is 0.571. The van der Waals surface area contributed by atoms with Crippen molar-refractivity contribution in [1.82, 2.24) is 9.97 Å². The highest BCUT2D eigenvalue weighted by Crippen LogP contribution is 2.31. The molecule has 0 saturated carbocycles. The zero-order chi connectivity index (χ0) is 14.1. The van der Waals surface area contributed by atoms with E-state index in [2.05, 4.69) is 40.2 Å². The van der Waals surface area contributed by atoms with Crippen LogP contribution >= 0.6 is 11.3 Å². The van der Waals surface area contributed by atoms with Gasteiger partial charge in [-0.1, -0.05) is 0 Å². The number of likely N-dealkylation sites (N-methyl/N-ethyl adjacent to an activating group) is 1. The molecule has 1 unspecified atom stereocenters. The zero-order valence-corrected chi connectivity index (χ0v) is 13.0. The van der Waals surface area contributed by atoms with Gasteiger partial charge in [0.1, 0.15) is 10.6 Å². The molecule has 1 saturated heterocycles. The van der Waals surface area contributed by atoms with Crippen LogP contribution in [0, 0.1) is 6.92 Å². The third-order valence-electron chi connectivity index (χ3n) is 3.58. The van der Waals surface area contributed by atoms with Gasteiger partial charge in [0, 0.05) is 32.1 Å². The summed E-state index contributed by atoms with van der Waals surface area (Å²) in [5, 5.41) is 4.18. The van der Waals surface area contributed by atoms with Crippen LogP contribution in [0.3, 0.4) is 0 Å². The lowest BCUT2D eigenvalue weighted by molar-refractivity contribution is 0.116. The Morgan fingerprint density at radius 2 is 2.35 bits per heavy atom. The number of nitrogens with one attached hydrogen (secondary N) is 1. The highest BCUT2D eigenvalue weighted by Gasteiger charge is 2.20. The van der Waals surface area contributed by atoms with Gasteiger partial charge in [-0.2, -0.15) is 4.98 Å². The van der Waals surface area contributed by atoms with Crippen LogP contribution in [0.15, 0.2) is 6.07 Å². The van der Waals surface area contributed by atoms with Crippen molar-refractivity contribution in [2.45, 2.75) is 25.9 Å². The molecule has 1 N–H and O–H groups in total. The molecule has 2 aromatic heterocycles. The smallest absolute Gasteiger partial charge is 0.225 e. The Morgan fingerprint density at radius 3 is 3.05 bits per heavy atom. The molecule has 3 rings (SSSR count). The van der Waals surface area contributed by atoms with Crippen LogP contribution in [0.1, 0.15) is 17.7 Å². The SMILES string of the molecule is CNc1nc(N(C)CC2CCCO2)c2cc(C)sc2n1. The van der Waals surface area contributed by atoms with Crippen LogP contribution in [0.2, 0.25) is 0 Å². The Balaban J connectivity index is 1.95. The van der Waals surface area contributed by atoms with Crippen molar-refractivity contribution in [3.05, 3.63) is 10.9 Å². The third kappa shape index (κ3) is 2.58. The van der Waals surface area contributed by atoms with E-state index in [4.69, 9.17) is 4.74 Å². The summed E-state index contributed by atoms with van der Waals surface area (Å²) in [6.45, 7) is 3.87. The molecule has 0 bridgehead atoms. The number of fused-ring (bicyclic) bond motifs is 1. The first-order valence-electron chi connectivity index (χ1n) is 6.96. The Bertz CT molecular complexity index is 606. The van der Waals surface area contributed by atoms with Gasteiger partial charge in [0.05, 0.1) is 11.5 Å². The Hall–Kier alpha value is -1.40. The van der Waals surface area contributed by atoms with E-state index in [0.29, 0.717) is 12.1 Å². The van der Waals surface area contributed by atoms with Gasteiger partial charge in [-0.25, -0.2) is 4.98 Å². The summed E-state index contributed by atoms with van der Waals surface area (Å²) in [5.41, 5.74) is 0. The topological polar surface area (TPSA) is 50.3 Å². The van der Waals surface area contributed by atoms with Gasteiger partial charge in [0.15, 0.2) is 0 Å². The fourth-order valence-electron chi connectivity index (χ4n) is 2.61. The lowest BCUT2D eigenvalue weighted by atomic mass is 10.2. The van der Waals surface area contributed by atoms with Crippen molar-refractivity contribution in [3.8, 4) is 0 Å². The van der Waals surface area contributed by atoms with Gasteiger partial charge in [0.25, 0.3) is 0 Å². The summed E-state index contributed by atoms with van der Waals surface area (Å²) in [6, 6.07) is 2.17. The molecule has 6 heteroatoms. The van der Waals surface area contributed by atoms with Gasteiger partial charge in [-0.3, -0.25) is 0 Å². The second-order valence-corrected chi connectivity index (χ2v) is 6.45. The lowest BCUT2D eigenvalue weighted by Gasteiger charge is -2.22. The average Bonchev–Trinajstić information content (AvgIpc) is 3.05. The normalized spacial score (nSPS) is 18.6. The molecule has 1 aliphatic rings. The number of anilines is 2. The summed E-state index contributed by atoms with van der Waals surface area (Å²) < 4.78 is 5.72. The Labute approximate surface area is 123 Å². The van der Waals surface area contributed by atoms with Gasteiger partial charge in [0.2, 0.25) is 5.95 Å². The summed E-state index contributed by atoms with van der Waals surface area (Å²) in [7, 11) is 3.93. The van der Waals surface area contributed by atoms with Crippen molar-refractivity contribution < 1.29 is 4.74 Å². The lowest BCUT2D eigenvalue weighted by Crippen LogP contribution is -2.29. The average molecular weight is 292 g/mol. The molecule has 1 atom stereocenters. The maximum atomic E-state index is 5.72. The number of thiophene rings is 1. The molecule has 0 aliphatic carbocycles. The summed E-state index contributed by atoms with van der Waals surface area (Å²) in [5.74, 6) is 1.66. The number of ether oxygens (including phenoxy) is 1. The van der Waals surface area contributed by atoms with Crippen LogP contribution in [0.4, 0.5) is 11.8 Å². The molecule has 1 aliphatic heterocycles. The second kappa shape index (κ2) is 5.54. The standard InChI is InChI=1S/C14H20N4OS/c1-9-7-11-12(16-14(15-2)17-13(11)20-9)18(3)8-10-5-4-6-19-10/h7,10H,4-6,8H2,1-3H3,(H,15,16,17). The van der Waals surface area contributed by atoms with Crippen molar-refractivity contribution in [2.24, 2.45) is 0 Å². The first-order valence-corrected chi connectivity index (χ1v) is 7.77. The van der Waals surface area contributed by atoms with Crippen LogP contribution in [0.5, 0.6) is 0 Å². The van der Waals surface area contributed by atoms with Gasteiger partial charge in [-0.15, -0.1) is 11.3 Å². The highest BCUT2D eigenvalue weighted by atomic mass is 32.1. The maximum Gasteiger partial charge on any atom is 0.225 e. The number of hydrogen-bond donors (Lipinski definition) is 1. The molecule has 108 valence electrons. The van der Waals surface area contributed by atoms with E-state index in [9.17, 15) is 0 Å². The molecule has 0 aromatic carbocycles. The van der Waals surface area contributed by atoms with Crippen LogP contribution in [-0.4, -0.2) is 43.3 Å². The van der Waals surface area contributed by atoms with Gasteiger partial charge in [-0.05, 0) is 25.8 Å². The number of rotatable bonds is 4. The molecule has 0 spiro atoms. The van der Waals surface area contributed by atoms with E-state index in [0.717, 1.165) is 42.0 Å². The van der Waals surface area contributed by atoms with Crippen LogP contribution in [-0.2, 0) is 4.74 Å². The largest absolute Gasteiger partial charge is 0.376 e. The van der Waals surface area contributed by atoms with Gasteiger partial charge >= 0.3 is 0 Å². The number of hydrogen-bond acceptors (Lipinski definition) is 6. The molecular formula is C14H20N4OS. The zero-order valence-electron chi connectivity index (χ0n) is 12.1.